The molecule has 0 saturated heterocycles. The van der Waals surface area contributed by atoms with Gasteiger partial charge >= 0.3 is 6.03 Å². The maximum atomic E-state index is 13.5. The minimum atomic E-state index is -0.823. The molecule has 2 atom stereocenters. The van der Waals surface area contributed by atoms with Gasteiger partial charge < -0.3 is 31.2 Å². The highest BCUT2D eigenvalue weighted by Gasteiger charge is 2.31. The lowest BCUT2D eigenvalue weighted by atomic mass is 9.95. The number of carbonyl (C=O) groups excluding carboxylic acids is 3. The number of fused-ring (bicyclic) bond motifs is 7. The lowest BCUT2D eigenvalue weighted by molar-refractivity contribution is -0.128. The van der Waals surface area contributed by atoms with Gasteiger partial charge in [0, 0.05) is 47.1 Å². The minimum absolute atomic E-state index is 0.278. The van der Waals surface area contributed by atoms with E-state index in [-0.39, 0.29) is 18.2 Å². The van der Waals surface area contributed by atoms with E-state index in [1.165, 1.54) is 6.92 Å². The normalized spacial score (nSPS) is 18.0. The van der Waals surface area contributed by atoms with E-state index < -0.39 is 23.8 Å². The molecule has 9 nitrogen and oxygen atoms in total. The number of carbonyl (C=O) groups is 3. The summed E-state index contributed by atoms with van der Waals surface area (Å²) >= 11 is 0. The Hall–Kier alpha value is -4.27. The second-order valence-electron chi connectivity index (χ2n) is 10.6. The molecule has 0 aliphatic carbocycles. The molecule has 5 rings (SSSR count). The van der Waals surface area contributed by atoms with Crippen LogP contribution in [-0.4, -0.2) is 45.6 Å². The van der Waals surface area contributed by atoms with Crippen LogP contribution >= 0.6 is 0 Å². The number of hydrogen-bond acceptors (Lipinski definition) is 3. The van der Waals surface area contributed by atoms with Crippen LogP contribution in [0.3, 0.4) is 0 Å². The molecule has 4 aromatic rings. The monoisotopic (exact) mass is 500 g/mol. The maximum Gasteiger partial charge on any atom is 0.316 e. The summed E-state index contributed by atoms with van der Waals surface area (Å²) in [5, 5.41) is 13.6. The third-order valence-electron chi connectivity index (χ3n) is 6.50. The molecular weight excluding hydrogens is 468 g/mol. The molecule has 6 N–H and O–H groups in total. The molecule has 1 aliphatic heterocycles. The first-order valence-corrected chi connectivity index (χ1v) is 12.4. The van der Waals surface area contributed by atoms with Crippen LogP contribution in [0.1, 0.15) is 38.8 Å². The SMILES string of the molecule is CC(=O)N[C@H]1Cc2c([nH]c3ccccc23)-c2[nH]c3ccccc3c2C[C@H](NC(=O)NC(C)(C)C)NC1=O. The molecule has 0 saturated carbocycles. The third-order valence-corrected chi connectivity index (χ3v) is 6.50. The van der Waals surface area contributed by atoms with Crippen LogP contribution in [0.5, 0.6) is 0 Å². The Kier molecular flexibility index (Phi) is 6.15. The standard InChI is InChI=1S/C28H32N6O3/c1-15(35)29-22-13-18-16-9-5-7-11-20(16)30-24(18)25-19(17-10-6-8-12-21(17)31-25)14-23(32-26(22)36)33-27(37)34-28(2,3)4/h5-12,22-23,30-31H,13-14H2,1-4H3,(H,29,35)(H,32,36)(H2,33,34,37)/t22-,23-/m0/s1. The highest BCUT2D eigenvalue weighted by atomic mass is 16.2. The summed E-state index contributed by atoms with van der Waals surface area (Å²) in [6.07, 6.45) is -0.0972. The molecule has 2 aromatic carbocycles. The molecule has 0 bridgehead atoms. The van der Waals surface area contributed by atoms with E-state index in [1.54, 1.807) is 0 Å². The zero-order valence-corrected chi connectivity index (χ0v) is 21.4. The number of para-hydroxylation sites is 2. The van der Waals surface area contributed by atoms with Crippen LogP contribution in [0, 0.1) is 0 Å². The molecule has 37 heavy (non-hydrogen) atoms. The van der Waals surface area contributed by atoms with Gasteiger partial charge in [0.1, 0.15) is 12.2 Å². The Labute approximate surface area is 214 Å². The molecule has 0 radical (unpaired) electrons. The summed E-state index contributed by atoms with van der Waals surface area (Å²) in [6.45, 7) is 7.06. The number of benzene rings is 2. The van der Waals surface area contributed by atoms with Gasteiger partial charge in [0.05, 0.1) is 11.4 Å². The van der Waals surface area contributed by atoms with Gasteiger partial charge in [0.15, 0.2) is 0 Å². The van der Waals surface area contributed by atoms with Gasteiger partial charge in [-0.05, 0) is 44.0 Å². The Morgan fingerprint density at radius 1 is 0.838 bits per heavy atom. The Morgan fingerprint density at radius 2 is 1.38 bits per heavy atom. The molecule has 192 valence electrons. The fraction of sp³-hybridized carbons (Fsp3) is 0.321. The van der Waals surface area contributed by atoms with Crippen molar-refractivity contribution in [2.75, 3.05) is 0 Å². The van der Waals surface area contributed by atoms with Crippen molar-refractivity contribution >= 4 is 39.7 Å². The molecule has 3 heterocycles. The second kappa shape index (κ2) is 9.31. The zero-order chi connectivity index (χ0) is 26.3. The largest absolute Gasteiger partial charge is 0.353 e. The van der Waals surface area contributed by atoms with Crippen LogP contribution in [0.2, 0.25) is 0 Å². The maximum absolute atomic E-state index is 13.5. The van der Waals surface area contributed by atoms with Crippen LogP contribution in [0.15, 0.2) is 48.5 Å². The third kappa shape index (κ3) is 5.02. The fourth-order valence-electron chi connectivity index (χ4n) is 5.06. The first-order chi connectivity index (χ1) is 17.6. The van der Waals surface area contributed by atoms with E-state index in [1.807, 2.05) is 69.3 Å². The topological polar surface area (TPSA) is 131 Å². The van der Waals surface area contributed by atoms with E-state index in [0.717, 1.165) is 44.3 Å². The second-order valence-corrected chi connectivity index (χ2v) is 10.6. The number of hydrogen-bond donors (Lipinski definition) is 6. The summed E-state index contributed by atoms with van der Waals surface area (Å²) in [6, 6.07) is 14.7. The quantitative estimate of drug-likeness (QED) is 0.252. The molecule has 9 heteroatoms. The number of H-pyrrole nitrogens is 2. The van der Waals surface area contributed by atoms with Crippen molar-refractivity contribution in [1.29, 1.82) is 0 Å². The predicted molar refractivity (Wildman–Crippen MR) is 144 cm³/mol. The van der Waals surface area contributed by atoms with E-state index in [4.69, 9.17) is 0 Å². The summed E-state index contributed by atoms with van der Waals surface area (Å²) in [7, 11) is 0. The van der Waals surface area contributed by atoms with Crippen molar-refractivity contribution in [2.45, 2.75) is 58.3 Å². The summed E-state index contributed by atoms with van der Waals surface area (Å²) < 4.78 is 0. The fourth-order valence-corrected chi connectivity index (χ4v) is 5.06. The van der Waals surface area contributed by atoms with Gasteiger partial charge in [-0.3, -0.25) is 9.59 Å². The van der Waals surface area contributed by atoms with E-state index in [9.17, 15) is 14.4 Å². The van der Waals surface area contributed by atoms with E-state index in [0.29, 0.717) is 6.42 Å². The lowest BCUT2D eigenvalue weighted by Gasteiger charge is -2.28. The van der Waals surface area contributed by atoms with Crippen molar-refractivity contribution in [3.63, 3.8) is 0 Å². The van der Waals surface area contributed by atoms with Gasteiger partial charge in [-0.25, -0.2) is 4.79 Å². The van der Waals surface area contributed by atoms with Crippen molar-refractivity contribution in [3.05, 3.63) is 59.7 Å². The van der Waals surface area contributed by atoms with Crippen LogP contribution in [0.25, 0.3) is 33.2 Å². The minimum Gasteiger partial charge on any atom is -0.353 e. The lowest BCUT2D eigenvalue weighted by Crippen LogP contribution is -2.58. The predicted octanol–water partition coefficient (Wildman–Crippen LogP) is 3.46. The van der Waals surface area contributed by atoms with Crippen LogP contribution < -0.4 is 21.3 Å². The van der Waals surface area contributed by atoms with Crippen molar-refractivity contribution in [3.8, 4) is 11.4 Å². The number of amides is 4. The molecule has 0 spiro atoms. The van der Waals surface area contributed by atoms with Crippen LogP contribution in [0.4, 0.5) is 4.79 Å². The van der Waals surface area contributed by atoms with Crippen molar-refractivity contribution in [1.82, 2.24) is 31.2 Å². The average Bonchev–Trinajstić information content (AvgIpc) is 3.35. The first kappa shape index (κ1) is 24.4. The van der Waals surface area contributed by atoms with Gasteiger partial charge in [0.25, 0.3) is 0 Å². The Bertz CT molecular complexity index is 1510. The number of aromatic nitrogens is 2. The van der Waals surface area contributed by atoms with Gasteiger partial charge in [0.2, 0.25) is 11.8 Å². The number of nitrogens with one attached hydrogen (secondary N) is 6. The highest BCUT2D eigenvalue weighted by Crippen LogP contribution is 2.37. The summed E-state index contributed by atoms with van der Waals surface area (Å²) in [5.41, 5.74) is 5.13. The highest BCUT2D eigenvalue weighted by molar-refractivity contribution is 5.97. The molecule has 0 fully saturated rings. The van der Waals surface area contributed by atoms with Gasteiger partial charge in [-0.15, -0.1) is 0 Å². The molecule has 1 aliphatic rings. The molecule has 4 amide bonds. The van der Waals surface area contributed by atoms with Gasteiger partial charge in [-0.2, -0.15) is 0 Å². The smallest absolute Gasteiger partial charge is 0.316 e. The Morgan fingerprint density at radius 3 is 1.92 bits per heavy atom. The first-order valence-electron chi connectivity index (χ1n) is 12.4. The van der Waals surface area contributed by atoms with E-state index >= 15 is 0 Å². The van der Waals surface area contributed by atoms with E-state index in [2.05, 4.69) is 31.2 Å². The number of rotatable bonds is 2. The zero-order valence-electron chi connectivity index (χ0n) is 21.4. The van der Waals surface area contributed by atoms with Crippen molar-refractivity contribution in [2.24, 2.45) is 0 Å². The van der Waals surface area contributed by atoms with Gasteiger partial charge in [-0.1, -0.05) is 36.4 Å². The Balaban J connectivity index is 1.68. The molecule has 0 unspecified atom stereocenters. The van der Waals surface area contributed by atoms with Crippen LogP contribution in [-0.2, 0) is 22.4 Å². The number of aromatic amines is 2. The number of urea groups is 1. The average molecular weight is 501 g/mol. The molecule has 2 aromatic heterocycles. The summed E-state index contributed by atoms with van der Waals surface area (Å²) in [4.78, 5) is 45.5. The molecular formula is C28H32N6O3. The van der Waals surface area contributed by atoms with Crippen molar-refractivity contribution < 1.29 is 14.4 Å². The summed E-state index contributed by atoms with van der Waals surface area (Å²) in [5.74, 6) is -0.671.